The first-order chi connectivity index (χ1) is 15.1. The molecule has 0 radical (unpaired) electrons. The number of imide groups is 1. The summed E-state index contributed by atoms with van der Waals surface area (Å²) in [6, 6.07) is 0. The van der Waals surface area contributed by atoms with E-state index in [9.17, 15) is 23.6 Å². The molecule has 7 nitrogen and oxygen atoms in total. The number of amides is 2. The molecular weight excluding hydrogens is 461 g/mol. The number of halogens is 2. The molecule has 1 aliphatic rings. The zero-order valence-corrected chi connectivity index (χ0v) is 20.2. The van der Waals surface area contributed by atoms with Crippen LogP contribution < -0.4 is 4.90 Å². The highest BCUT2D eigenvalue weighted by Gasteiger charge is 2.36. The Morgan fingerprint density at radius 1 is 1.12 bits per heavy atom. The number of rotatable bonds is 8. The first kappa shape index (κ1) is 26.0. The Morgan fingerprint density at radius 3 is 2.31 bits per heavy atom. The zero-order valence-electron chi connectivity index (χ0n) is 18.6. The van der Waals surface area contributed by atoms with E-state index < -0.39 is 34.6 Å². The quantitative estimate of drug-likeness (QED) is 0.492. The van der Waals surface area contributed by atoms with Gasteiger partial charge in [-0.05, 0) is 46.5 Å². The fourth-order valence-electron chi connectivity index (χ4n) is 3.35. The molecule has 0 saturated carbocycles. The van der Waals surface area contributed by atoms with Gasteiger partial charge < -0.3 is 9.47 Å². The van der Waals surface area contributed by atoms with E-state index in [-0.39, 0.29) is 53.0 Å². The molecule has 1 aromatic rings. The van der Waals surface area contributed by atoms with Gasteiger partial charge in [0.1, 0.15) is 5.69 Å². The van der Waals surface area contributed by atoms with Gasteiger partial charge in [0.15, 0.2) is 0 Å². The minimum Gasteiger partial charge on any atom is -0.466 e. The largest absolute Gasteiger partial charge is 0.466 e. The van der Waals surface area contributed by atoms with E-state index in [0.717, 1.165) is 0 Å². The van der Waals surface area contributed by atoms with Gasteiger partial charge in [-0.1, -0.05) is 18.5 Å². The van der Waals surface area contributed by atoms with Crippen LogP contribution >= 0.6 is 22.9 Å². The lowest BCUT2D eigenvalue weighted by Crippen LogP contribution is -2.39. The van der Waals surface area contributed by atoms with Crippen LogP contribution in [0.15, 0.2) is 11.1 Å². The van der Waals surface area contributed by atoms with E-state index in [0.29, 0.717) is 35.5 Å². The van der Waals surface area contributed by atoms with Gasteiger partial charge in [-0.25, -0.2) is 9.69 Å². The van der Waals surface area contributed by atoms with Crippen LogP contribution in [0.3, 0.4) is 0 Å². The Labute approximate surface area is 195 Å². The number of carbonyl (C=O) groups excluding carboxylic acids is 4. The number of hydrogen-bond donors (Lipinski definition) is 0. The third-order valence-corrected chi connectivity index (χ3v) is 6.24. The summed E-state index contributed by atoms with van der Waals surface area (Å²) in [6.45, 7) is 6.71. The molecule has 0 saturated heterocycles. The molecule has 0 N–H and O–H groups in total. The van der Waals surface area contributed by atoms with Crippen LogP contribution in [-0.4, -0.2) is 36.5 Å². The maximum Gasteiger partial charge on any atom is 0.334 e. The highest BCUT2D eigenvalue weighted by Crippen LogP contribution is 2.41. The van der Waals surface area contributed by atoms with Gasteiger partial charge in [0.05, 0.1) is 24.2 Å². The molecule has 0 bridgehead atoms. The fraction of sp³-hybridized carbons (Fsp3) is 0.545. The van der Waals surface area contributed by atoms with Crippen molar-refractivity contribution in [3.8, 4) is 0 Å². The zero-order chi connectivity index (χ0) is 24.0. The summed E-state index contributed by atoms with van der Waals surface area (Å²) in [5.74, 6) is -2.69. The molecule has 0 fully saturated rings. The number of carbonyl (C=O) groups is 4. The topological polar surface area (TPSA) is 90.0 Å². The van der Waals surface area contributed by atoms with Crippen LogP contribution in [0.4, 0.5) is 10.1 Å². The summed E-state index contributed by atoms with van der Waals surface area (Å²) in [4.78, 5) is 51.4. The first-order valence-corrected chi connectivity index (χ1v) is 11.7. The SMILES string of the molecule is CCOC(=O)Cc1sc(F)c(N(C(=O)CC)C(=O)C2=C(C(=O)OC(C)C)CCCC2)c1Cl. The van der Waals surface area contributed by atoms with Crippen molar-refractivity contribution in [1.29, 1.82) is 0 Å². The van der Waals surface area contributed by atoms with Crippen molar-refractivity contribution >= 4 is 52.4 Å². The summed E-state index contributed by atoms with van der Waals surface area (Å²) in [7, 11) is 0. The molecule has 32 heavy (non-hydrogen) atoms. The van der Waals surface area contributed by atoms with Crippen molar-refractivity contribution in [3.05, 3.63) is 26.2 Å². The van der Waals surface area contributed by atoms with E-state index in [2.05, 4.69) is 0 Å². The normalized spacial score (nSPS) is 13.8. The molecule has 1 heterocycles. The van der Waals surface area contributed by atoms with E-state index in [1.54, 1.807) is 20.8 Å². The lowest BCUT2D eigenvalue weighted by atomic mass is 9.90. The maximum absolute atomic E-state index is 14.9. The summed E-state index contributed by atoms with van der Waals surface area (Å²) in [5.41, 5.74) is -0.0814. The van der Waals surface area contributed by atoms with E-state index in [1.165, 1.54) is 6.92 Å². The number of nitrogens with zero attached hydrogens (tertiary/aromatic N) is 1. The van der Waals surface area contributed by atoms with Crippen LogP contribution in [0, 0.1) is 5.13 Å². The van der Waals surface area contributed by atoms with Crippen molar-refractivity contribution in [3.63, 3.8) is 0 Å². The van der Waals surface area contributed by atoms with Gasteiger partial charge in [0.2, 0.25) is 11.0 Å². The van der Waals surface area contributed by atoms with E-state index in [1.807, 2.05) is 0 Å². The highest BCUT2D eigenvalue weighted by molar-refractivity contribution is 7.11. The second kappa shape index (κ2) is 11.6. The van der Waals surface area contributed by atoms with Gasteiger partial charge in [-0.15, -0.1) is 11.3 Å². The van der Waals surface area contributed by atoms with Crippen molar-refractivity contribution in [2.24, 2.45) is 0 Å². The fourth-order valence-corrected chi connectivity index (χ4v) is 4.64. The lowest BCUT2D eigenvalue weighted by molar-refractivity contribution is -0.143. The average molecular weight is 488 g/mol. The Morgan fingerprint density at radius 2 is 1.75 bits per heavy atom. The Hall–Kier alpha value is -2.26. The number of thiophene rings is 1. The average Bonchev–Trinajstić information content (AvgIpc) is 3.00. The van der Waals surface area contributed by atoms with Crippen LogP contribution in [0.1, 0.15) is 64.7 Å². The lowest BCUT2D eigenvalue weighted by Gasteiger charge is -2.25. The van der Waals surface area contributed by atoms with Gasteiger partial charge in [0.25, 0.3) is 5.91 Å². The number of ether oxygens (including phenoxy) is 2. The van der Waals surface area contributed by atoms with E-state index in [4.69, 9.17) is 21.1 Å². The maximum atomic E-state index is 14.9. The molecule has 0 unspecified atom stereocenters. The van der Waals surface area contributed by atoms with E-state index >= 15 is 0 Å². The molecule has 10 heteroatoms. The molecule has 0 atom stereocenters. The van der Waals surface area contributed by atoms with Crippen molar-refractivity contribution in [1.82, 2.24) is 0 Å². The van der Waals surface area contributed by atoms with Gasteiger partial charge in [-0.2, -0.15) is 4.39 Å². The predicted molar refractivity (Wildman–Crippen MR) is 119 cm³/mol. The highest BCUT2D eigenvalue weighted by atomic mass is 35.5. The summed E-state index contributed by atoms with van der Waals surface area (Å²) in [6.07, 6.45) is 1.16. The Bertz CT molecular complexity index is 939. The molecule has 176 valence electrons. The number of anilines is 1. The second-order valence-electron chi connectivity index (χ2n) is 7.45. The molecular formula is C22H27ClFNO6S. The number of hydrogen-bond acceptors (Lipinski definition) is 7. The Kier molecular flexibility index (Phi) is 9.39. The molecule has 2 rings (SSSR count). The van der Waals surface area contributed by atoms with Crippen molar-refractivity contribution in [2.75, 3.05) is 11.5 Å². The molecule has 0 aliphatic heterocycles. The minimum atomic E-state index is -0.868. The van der Waals surface area contributed by atoms with Gasteiger partial charge in [-0.3, -0.25) is 14.4 Å². The molecule has 0 spiro atoms. The van der Waals surface area contributed by atoms with Gasteiger partial charge >= 0.3 is 11.9 Å². The molecule has 2 amide bonds. The summed E-state index contributed by atoms with van der Waals surface area (Å²) < 4.78 is 25.1. The molecule has 0 aromatic carbocycles. The molecule has 1 aromatic heterocycles. The van der Waals surface area contributed by atoms with Crippen LogP contribution in [0.5, 0.6) is 0 Å². The Balaban J connectivity index is 2.53. The predicted octanol–water partition coefficient (Wildman–Crippen LogP) is 4.74. The van der Waals surface area contributed by atoms with Crippen LogP contribution in [0.25, 0.3) is 0 Å². The first-order valence-electron chi connectivity index (χ1n) is 10.5. The second-order valence-corrected chi connectivity index (χ2v) is 8.88. The third-order valence-electron chi connectivity index (χ3n) is 4.76. The monoisotopic (exact) mass is 487 g/mol. The van der Waals surface area contributed by atoms with Crippen molar-refractivity contribution in [2.45, 2.75) is 72.3 Å². The standard InChI is InChI=1S/C22H27ClFNO6S/c1-5-16(26)25(19-18(23)15(32-20(19)24)11-17(27)30-6-2)21(28)13-9-7-8-10-14(13)22(29)31-12(3)4/h12H,5-11H2,1-4H3. The van der Waals surface area contributed by atoms with Crippen molar-refractivity contribution < 1.29 is 33.0 Å². The summed E-state index contributed by atoms with van der Waals surface area (Å²) in [5, 5.41) is -1.06. The van der Waals surface area contributed by atoms with Crippen LogP contribution in [-0.2, 0) is 35.1 Å². The molecule has 1 aliphatic carbocycles. The third kappa shape index (κ3) is 5.95. The number of esters is 2. The summed E-state index contributed by atoms with van der Waals surface area (Å²) >= 11 is 6.91. The minimum absolute atomic E-state index is 0.0936. The smallest absolute Gasteiger partial charge is 0.334 e. The van der Waals surface area contributed by atoms with Crippen LogP contribution in [0.2, 0.25) is 5.02 Å². The van der Waals surface area contributed by atoms with Gasteiger partial charge in [0, 0.05) is 22.4 Å².